The molecule has 5 rings (SSSR count). The topological polar surface area (TPSA) is 199 Å². The Hall–Kier alpha value is -6.12. The van der Waals surface area contributed by atoms with E-state index in [-0.39, 0.29) is 56.5 Å². The van der Waals surface area contributed by atoms with Gasteiger partial charge in [-0.15, -0.1) is 0 Å². The first-order chi connectivity index (χ1) is 22.2. The van der Waals surface area contributed by atoms with Crippen molar-refractivity contribution in [3.8, 4) is 35.0 Å². The second kappa shape index (κ2) is 13.3. The van der Waals surface area contributed by atoms with E-state index in [1.54, 1.807) is 18.2 Å². The number of carbonyl (C=O) groups is 4. The molecule has 1 unspecified atom stereocenters. The third-order valence-corrected chi connectivity index (χ3v) is 8.11. The number of hydrogen-bond donors (Lipinski definition) is 1. The number of amides is 2. The number of nitrogen functional groups attached to an aromatic ring is 1. The monoisotopic (exact) mass is 637 g/mol. The highest BCUT2D eigenvalue weighted by atomic mass is 32.2. The number of nitrogens with two attached hydrogens (primary N) is 1. The van der Waals surface area contributed by atoms with Crippen LogP contribution in [0.25, 0.3) is 11.3 Å². The van der Waals surface area contributed by atoms with Gasteiger partial charge in [-0.3, -0.25) is 14.4 Å². The number of hydrogen-bond acceptors (Lipinski definition) is 13. The second-order valence-electron chi connectivity index (χ2n) is 9.62. The maximum absolute atomic E-state index is 13.4. The summed E-state index contributed by atoms with van der Waals surface area (Å²) in [5.74, 6) is -1.46. The van der Waals surface area contributed by atoms with E-state index < -0.39 is 35.4 Å². The van der Waals surface area contributed by atoms with Gasteiger partial charge in [-0.2, -0.15) is 10.5 Å². The van der Waals surface area contributed by atoms with E-state index in [2.05, 4.69) is 4.98 Å². The minimum atomic E-state index is -0.948. The summed E-state index contributed by atoms with van der Waals surface area (Å²) in [5, 5.41) is 18.7. The average molecular weight is 638 g/mol. The van der Waals surface area contributed by atoms with Gasteiger partial charge in [0.05, 0.1) is 48.1 Å². The maximum atomic E-state index is 13.4. The van der Waals surface area contributed by atoms with Gasteiger partial charge in [-0.25, -0.2) is 14.7 Å². The predicted octanol–water partition coefficient (Wildman–Crippen LogP) is 4.15. The molecular formula is C32H23N5O8S. The van der Waals surface area contributed by atoms with Crippen molar-refractivity contribution in [1.82, 2.24) is 4.98 Å². The molecule has 4 aromatic rings. The summed E-state index contributed by atoms with van der Waals surface area (Å²) in [6, 6.07) is 17.2. The number of methoxy groups -OCH3 is 2. The molecular weight excluding hydrogens is 614 g/mol. The molecule has 1 aliphatic heterocycles. The van der Waals surface area contributed by atoms with Crippen LogP contribution in [0.4, 0.5) is 11.5 Å². The number of anilines is 2. The van der Waals surface area contributed by atoms with Crippen LogP contribution in [0.15, 0.2) is 70.3 Å². The van der Waals surface area contributed by atoms with Crippen LogP contribution < -0.4 is 20.1 Å². The number of thioether (sulfide) groups is 1. The molecule has 13 nitrogen and oxygen atoms in total. The highest BCUT2D eigenvalue weighted by Gasteiger charge is 2.41. The molecule has 2 aromatic heterocycles. The summed E-state index contributed by atoms with van der Waals surface area (Å²) in [6.07, 6.45) is 1.18. The number of pyridine rings is 1. The van der Waals surface area contributed by atoms with Crippen LogP contribution in [-0.2, 0) is 14.3 Å². The van der Waals surface area contributed by atoms with E-state index >= 15 is 0 Å². The molecule has 1 atom stereocenters. The average Bonchev–Trinajstić information content (AvgIpc) is 3.70. The molecule has 3 heterocycles. The highest BCUT2D eigenvalue weighted by Crippen LogP contribution is 2.40. The first-order valence-corrected chi connectivity index (χ1v) is 14.3. The molecule has 14 heteroatoms. The number of esters is 1. The van der Waals surface area contributed by atoms with Gasteiger partial charge >= 0.3 is 5.97 Å². The van der Waals surface area contributed by atoms with Crippen molar-refractivity contribution < 1.29 is 37.8 Å². The van der Waals surface area contributed by atoms with Gasteiger partial charge in [0.15, 0.2) is 23.9 Å². The molecule has 1 saturated heterocycles. The standard InChI is InChI=1S/C32H23N5O8S/c1-42-23-10-7-18(12-25(23)43-2)22(38)16-45-32(41)17-5-8-19(9-6-17)37-27(39)13-26(31(37)40)46-30-21(15-34)28(24-4-3-11-44-24)20(14-33)29(35)36-30/h3-12,26H,13,16H2,1-2H3,(H2,35,36). The van der Waals surface area contributed by atoms with Crippen molar-refractivity contribution >= 4 is 46.8 Å². The third-order valence-electron chi connectivity index (χ3n) is 6.94. The molecule has 1 fully saturated rings. The van der Waals surface area contributed by atoms with Crippen LogP contribution in [0.3, 0.4) is 0 Å². The number of Topliss-reactive ketones (excluding diaryl/α,β-unsaturated/α-hetero) is 1. The molecule has 2 N–H and O–H groups in total. The van der Waals surface area contributed by atoms with E-state index in [0.717, 1.165) is 16.7 Å². The molecule has 2 aromatic carbocycles. The van der Waals surface area contributed by atoms with Gasteiger partial charge in [0.1, 0.15) is 34.3 Å². The van der Waals surface area contributed by atoms with Crippen LogP contribution in [0.5, 0.6) is 11.5 Å². The zero-order valence-corrected chi connectivity index (χ0v) is 25.1. The van der Waals surface area contributed by atoms with Gasteiger partial charge in [0.25, 0.3) is 0 Å². The lowest BCUT2D eigenvalue weighted by Gasteiger charge is -2.16. The van der Waals surface area contributed by atoms with Crippen molar-refractivity contribution in [3.63, 3.8) is 0 Å². The molecule has 0 bridgehead atoms. The Morgan fingerprint density at radius 1 is 1.02 bits per heavy atom. The van der Waals surface area contributed by atoms with Crippen molar-refractivity contribution in [2.75, 3.05) is 31.5 Å². The quantitative estimate of drug-likeness (QED) is 0.148. The van der Waals surface area contributed by atoms with Crippen molar-refractivity contribution in [3.05, 3.63) is 83.1 Å². The Balaban J connectivity index is 1.28. The number of furan rings is 1. The minimum absolute atomic E-state index is 0.0168. The second-order valence-corrected chi connectivity index (χ2v) is 10.8. The fraction of sp³-hybridized carbons (Fsp3) is 0.156. The molecule has 0 aliphatic carbocycles. The Labute approximate surface area is 266 Å². The zero-order chi connectivity index (χ0) is 33.0. The lowest BCUT2D eigenvalue weighted by atomic mass is 10.0. The Morgan fingerprint density at radius 2 is 1.72 bits per heavy atom. The van der Waals surface area contributed by atoms with Gasteiger partial charge in [0.2, 0.25) is 11.8 Å². The van der Waals surface area contributed by atoms with Crippen LogP contribution in [-0.4, -0.2) is 54.6 Å². The summed E-state index contributed by atoms with van der Waals surface area (Å²) < 4.78 is 20.9. The molecule has 0 spiro atoms. The fourth-order valence-electron chi connectivity index (χ4n) is 4.71. The van der Waals surface area contributed by atoms with E-state index in [4.69, 9.17) is 24.4 Å². The third kappa shape index (κ3) is 5.97. The number of ketones is 1. The number of nitriles is 2. The van der Waals surface area contributed by atoms with E-state index in [0.29, 0.717) is 11.5 Å². The van der Waals surface area contributed by atoms with Gasteiger partial charge in [-0.1, -0.05) is 11.8 Å². The first-order valence-electron chi connectivity index (χ1n) is 13.4. The number of rotatable bonds is 10. The molecule has 0 radical (unpaired) electrons. The molecule has 1 aliphatic rings. The molecule has 46 heavy (non-hydrogen) atoms. The van der Waals surface area contributed by atoms with Crippen molar-refractivity contribution in [2.24, 2.45) is 0 Å². The SMILES string of the molecule is COc1ccc(C(=O)COC(=O)c2ccc(N3C(=O)CC(Sc4nc(N)c(C#N)c(-c5ccco5)c4C#N)C3=O)cc2)cc1OC. The summed E-state index contributed by atoms with van der Waals surface area (Å²) >= 11 is 0.880. The molecule has 230 valence electrons. The number of carbonyl (C=O) groups excluding carboxylic acids is 4. The normalized spacial score (nSPS) is 14.0. The summed E-state index contributed by atoms with van der Waals surface area (Å²) in [5.41, 5.74) is 6.66. The Kier molecular flexibility index (Phi) is 9.02. The van der Waals surface area contributed by atoms with Crippen molar-refractivity contribution in [1.29, 1.82) is 10.5 Å². The number of imide groups is 1. The van der Waals surface area contributed by atoms with Gasteiger partial charge in [0, 0.05) is 12.0 Å². The van der Waals surface area contributed by atoms with Crippen LogP contribution in [0.2, 0.25) is 0 Å². The lowest BCUT2D eigenvalue weighted by Crippen LogP contribution is -2.31. The Morgan fingerprint density at radius 3 is 2.35 bits per heavy atom. The van der Waals surface area contributed by atoms with Crippen LogP contribution >= 0.6 is 11.8 Å². The lowest BCUT2D eigenvalue weighted by molar-refractivity contribution is -0.121. The summed E-state index contributed by atoms with van der Waals surface area (Å²) in [4.78, 5) is 56.7. The van der Waals surface area contributed by atoms with Crippen molar-refractivity contribution in [2.45, 2.75) is 16.7 Å². The number of nitrogens with zero attached hydrogens (tertiary/aromatic N) is 4. The number of ether oxygens (including phenoxy) is 3. The number of aromatic nitrogens is 1. The smallest absolute Gasteiger partial charge is 0.338 e. The minimum Gasteiger partial charge on any atom is -0.493 e. The van der Waals surface area contributed by atoms with Gasteiger partial charge in [-0.05, 0) is 54.6 Å². The van der Waals surface area contributed by atoms with E-state index in [1.807, 2.05) is 12.1 Å². The highest BCUT2D eigenvalue weighted by molar-refractivity contribution is 8.00. The maximum Gasteiger partial charge on any atom is 0.338 e. The van der Waals surface area contributed by atoms with E-state index in [9.17, 15) is 29.7 Å². The van der Waals surface area contributed by atoms with Crippen LogP contribution in [0, 0.1) is 22.7 Å². The summed E-state index contributed by atoms with van der Waals surface area (Å²) in [7, 11) is 2.90. The molecule has 0 saturated carbocycles. The van der Waals surface area contributed by atoms with Gasteiger partial charge < -0.3 is 24.4 Å². The van der Waals surface area contributed by atoms with Crippen LogP contribution in [0.1, 0.15) is 38.3 Å². The Bertz CT molecular complexity index is 1940. The van der Waals surface area contributed by atoms with E-state index in [1.165, 1.54) is 56.9 Å². The first kappa shape index (κ1) is 31.3. The fourth-order valence-corrected chi connectivity index (χ4v) is 5.83. The molecule has 2 amide bonds. The summed E-state index contributed by atoms with van der Waals surface area (Å²) in [6.45, 7) is -0.529. The zero-order valence-electron chi connectivity index (χ0n) is 24.3. The largest absolute Gasteiger partial charge is 0.493 e. The predicted molar refractivity (Wildman–Crippen MR) is 163 cm³/mol. The number of benzene rings is 2.